The Morgan fingerprint density at radius 2 is 2.08 bits per heavy atom. The van der Waals surface area contributed by atoms with Gasteiger partial charge in [0.05, 0.1) is 28.0 Å². The molecule has 2 heterocycles. The molecule has 2 unspecified atom stereocenters. The number of nitrogens with one attached hydrogen (secondary N) is 1. The minimum absolute atomic E-state index is 0.0702. The third-order valence-electron chi connectivity index (χ3n) is 5.53. The quantitative estimate of drug-likeness (QED) is 0.895. The van der Waals surface area contributed by atoms with Gasteiger partial charge in [-0.15, -0.1) is 0 Å². The van der Waals surface area contributed by atoms with Crippen LogP contribution in [-0.2, 0) is 19.9 Å². The molecule has 0 bridgehead atoms. The van der Waals surface area contributed by atoms with Gasteiger partial charge in [-0.2, -0.15) is 4.36 Å². The van der Waals surface area contributed by atoms with E-state index in [2.05, 4.69) is 9.68 Å². The van der Waals surface area contributed by atoms with Crippen molar-refractivity contribution in [1.82, 2.24) is 5.32 Å². The molecule has 3 rings (SSSR count). The Bertz CT molecular complexity index is 773. The lowest BCUT2D eigenvalue weighted by Crippen LogP contribution is -2.49. The zero-order valence-electron chi connectivity index (χ0n) is 15.3. The number of nitrogens with zero attached hydrogens (tertiary/aromatic N) is 1. The van der Waals surface area contributed by atoms with E-state index < -0.39 is 15.1 Å². The molecule has 1 amide bonds. The molecule has 5 nitrogen and oxygen atoms in total. The summed E-state index contributed by atoms with van der Waals surface area (Å²) in [6, 6.07) is 7.45. The number of methoxy groups -OCH3 is 1. The van der Waals surface area contributed by atoms with E-state index in [4.69, 9.17) is 4.74 Å². The number of rotatable bonds is 3. The van der Waals surface area contributed by atoms with Crippen molar-refractivity contribution in [2.45, 2.75) is 50.5 Å². The van der Waals surface area contributed by atoms with Crippen molar-refractivity contribution in [2.75, 3.05) is 25.2 Å². The highest BCUT2D eigenvalue weighted by Gasteiger charge is 2.41. The van der Waals surface area contributed by atoms with Gasteiger partial charge in [-0.25, -0.2) is 4.21 Å². The van der Waals surface area contributed by atoms with E-state index in [-0.39, 0.29) is 11.4 Å². The number of amides is 1. The fourth-order valence-corrected chi connectivity index (χ4v) is 6.58. The van der Waals surface area contributed by atoms with Crippen molar-refractivity contribution in [3.05, 3.63) is 29.8 Å². The Labute approximate surface area is 150 Å². The van der Waals surface area contributed by atoms with Crippen LogP contribution in [0.5, 0.6) is 5.75 Å². The van der Waals surface area contributed by atoms with Crippen LogP contribution in [0.2, 0.25) is 0 Å². The van der Waals surface area contributed by atoms with E-state index in [1.165, 1.54) is 0 Å². The molecule has 1 aromatic carbocycles. The zero-order valence-corrected chi connectivity index (χ0v) is 16.2. The average molecular weight is 365 g/mol. The highest BCUT2D eigenvalue weighted by atomic mass is 32.2. The first kappa shape index (κ1) is 18.4. The summed E-state index contributed by atoms with van der Waals surface area (Å²) in [5, 5.41) is 3.52. The molecular formula is C19H28N2O3S. The third-order valence-corrected chi connectivity index (χ3v) is 7.96. The van der Waals surface area contributed by atoms with Gasteiger partial charge in [0.2, 0.25) is 0 Å². The number of hydrogen-bond acceptors (Lipinski definition) is 4. The van der Waals surface area contributed by atoms with Crippen LogP contribution < -0.4 is 10.1 Å². The van der Waals surface area contributed by atoms with Crippen LogP contribution in [0.1, 0.15) is 45.1 Å². The van der Waals surface area contributed by atoms with Crippen molar-refractivity contribution in [3.63, 3.8) is 0 Å². The van der Waals surface area contributed by atoms with Gasteiger partial charge in [-0.3, -0.25) is 4.79 Å². The van der Waals surface area contributed by atoms with Gasteiger partial charge in [0.1, 0.15) is 5.75 Å². The molecular weight excluding hydrogens is 336 g/mol. The Hall–Kier alpha value is -1.40. The molecule has 2 saturated heterocycles. The highest BCUT2D eigenvalue weighted by molar-refractivity contribution is 7.94. The fourth-order valence-electron chi connectivity index (χ4n) is 3.90. The zero-order chi connectivity index (χ0) is 18.1. The van der Waals surface area contributed by atoms with E-state index in [1.807, 2.05) is 38.1 Å². The van der Waals surface area contributed by atoms with E-state index in [9.17, 15) is 9.00 Å². The molecule has 6 heteroatoms. The summed E-state index contributed by atoms with van der Waals surface area (Å²) in [5.74, 6) is 1.42. The number of carbonyl (C=O) groups is 1. The van der Waals surface area contributed by atoms with Crippen LogP contribution >= 0.6 is 0 Å². The smallest absolute Gasteiger partial charge is 0.263 e. The molecule has 25 heavy (non-hydrogen) atoms. The Balaban J connectivity index is 1.88. The van der Waals surface area contributed by atoms with Crippen LogP contribution in [-0.4, -0.2) is 40.8 Å². The minimum atomic E-state index is -2.51. The van der Waals surface area contributed by atoms with E-state index in [0.717, 1.165) is 37.8 Å². The van der Waals surface area contributed by atoms with Gasteiger partial charge in [0.25, 0.3) is 5.91 Å². The maximum Gasteiger partial charge on any atom is 0.263 e. The lowest BCUT2D eigenvalue weighted by molar-refractivity contribution is -0.122. The third kappa shape index (κ3) is 3.75. The minimum Gasteiger partial charge on any atom is -0.497 e. The molecule has 2 aliphatic heterocycles. The monoisotopic (exact) mass is 364 g/mol. The van der Waals surface area contributed by atoms with Crippen LogP contribution in [0.3, 0.4) is 0 Å². The topological polar surface area (TPSA) is 67.8 Å². The Kier molecular flexibility index (Phi) is 4.95. The van der Waals surface area contributed by atoms with Gasteiger partial charge >= 0.3 is 0 Å². The van der Waals surface area contributed by atoms with Crippen LogP contribution in [0.4, 0.5) is 0 Å². The molecule has 1 aromatic rings. The molecule has 2 fully saturated rings. The summed E-state index contributed by atoms with van der Waals surface area (Å²) in [6.45, 7) is 4.64. The SMILES string of the molecule is COc1cccc(C(C)(C)C(=O)N=S2(=O)CCCC3(CCCN3)C2)c1. The molecule has 0 aromatic heterocycles. The maximum atomic E-state index is 13.3. The second-order valence-corrected chi connectivity index (χ2v) is 10.2. The van der Waals surface area contributed by atoms with Gasteiger partial charge in [-0.05, 0) is 63.8 Å². The summed E-state index contributed by atoms with van der Waals surface area (Å²) in [7, 11) is -0.904. The molecule has 2 atom stereocenters. The van der Waals surface area contributed by atoms with E-state index in [1.54, 1.807) is 7.11 Å². The number of carbonyl (C=O) groups excluding carboxylic acids is 1. The van der Waals surface area contributed by atoms with Crippen molar-refractivity contribution in [2.24, 2.45) is 4.36 Å². The number of hydrogen-bond donors (Lipinski definition) is 1. The fraction of sp³-hybridized carbons (Fsp3) is 0.632. The van der Waals surface area contributed by atoms with Crippen molar-refractivity contribution < 1.29 is 13.7 Å². The second-order valence-electron chi connectivity index (χ2n) is 7.79. The lowest BCUT2D eigenvalue weighted by atomic mass is 9.84. The Morgan fingerprint density at radius 3 is 2.76 bits per heavy atom. The van der Waals surface area contributed by atoms with Crippen LogP contribution in [0, 0.1) is 0 Å². The van der Waals surface area contributed by atoms with E-state index >= 15 is 0 Å². The van der Waals surface area contributed by atoms with Crippen molar-refractivity contribution in [1.29, 1.82) is 0 Å². The Morgan fingerprint density at radius 1 is 1.32 bits per heavy atom. The first-order valence-corrected chi connectivity index (χ1v) is 10.8. The standard InChI is InChI=1S/C19H28N2O3S/c1-18(2,15-7-4-8-16(13-15)24-3)17(22)21-25(23)12-6-10-19(14-25)9-5-11-20-19/h4,7-8,13,20H,5-6,9-12,14H2,1-3H3. The normalized spacial score (nSPS) is 29.6. The van der Waals surface area contributed by atoms with Gasteiger partial charge in [0, 0.05) is 11.3 Å². The molecule has 138 valence electrons. The van der Waals surface area contributed by atoms with Crippen LogP contribution in [0.15, 0.2) is 28.6 Å². The summed E-state index contributed by atoms with van der Waals surface area (Å²) in [4.78, 5) is 12.9. The maximum absolute atomic E-state index is 13.3. The van der Waals surface area contributed by atoms with Gasteiger partial charge in [-0.1, -0.05) is 12.1 Å². The molecule has 0 radical (unpaired) electrons. The van der Waals surface area contributed by atoms with Gasteiger partial charge < -0.3 is 10.1 Å². The van der Waals surface area contributed by atoms with Gasteiger partial charge in [0.15, 0.2) is 0 Å². The summed E-state index contributed by atoms with van der Waals surface area (Å²) >= 11 is 0. The van der Waals surface area contributed by atoms with Crippen molar-refractivity contribution in [3.8, 4) is 5.75 Å². The molecule has 2 aliphatic rings. The second kappa shape index (κ2) is 6.72. The lowest BCUT2D eigenvalue weighted by Gasteiger charge is -2.35. The highest BCUT2D eigenvalue weighted by Crippen LogP contribution is 2.33. The van der Waals surface area contributed by atoms with Crippen molar-refractivity contribution >= 4 is 15.6 Å². The van der Waals surface area contributed by atoms with Crippen LogP contribution in [0.25, 0.3) is 0 Å². The summed E-state index contributed by atoms with van der Waals surface area (Å²) in [5.41, 5.74) is -0.0700. The number of ether oxygens (including phenoxy) is 1. The molecule has 0 aliphatic carbocycles. The first-order valence-electron chi connectivity index (χ1n) is 8.95. The molecule has 1 spiro atoms. The number of benzene rings is 1. The predicted molar refractivity (Wildman–Crippen MR) is 101 cm³/mol. The summed E-state index contributed by atoms with van der Waals surface area (Å²) in [6.07, 6.45) is 4.04. The summed E-state index contributed by atoms with van der Waals surface area (Å²) < 4.78 is 22.9. The molecule has 0 saturated carbocycles. The van der Waals surface area contributed by atoms with E-state index in [0.29, 0.717) is 17.3 Å². The molecule has 1 N–H and O–H groups in total. The average Bonchev–Trinajstić information content (AvgIpc) is 3.01. The first-order chi connectivity index (χ1) is 11.8. The largest absolute Gasteiger partial charge is 0.497 e. The predicted octanol–water partition coefficient (Wildman–Crippen LogP) is 2.88.